The topological polar surface area (TPSA) is 83.5 Å². The summed E-state index contributed by atoms with van der Waals surface area (Å²) in [4.78, 5) is 35.2. The fourth-order valence-electron chi connectivity index (χ4n) is 5.11. The van der Waals surface area contributed by atoms with Crippen LogP contribution in [0.2, 0.25) is 5.02 Å². The molecule has 2 amide bonds. The number of benzodiazepines with no additional fused rings is 1. The van der Waals surface area contributed by atoms with E-state index in [1.165, 1.54) is 0 Å². The van der Waals surface area contributed by atoms with Gasteiger partial charge in [-0.1, -0.05) is 84.4 Å². The lowest BCUT2D eigenvalue weighted by molar-refractivity contribution is -0.117. The van der Waals surface area contributed by atoms with Crippen molar-refractivity contribution in [3.8, 4) is 11.1 Å². The van der Waals surface area contributed by atoms with Gasteiger partial charge in [-0.25, -0.2) is 0 Å². The Hall–Kier alpha value is -5.07. The summed E-state index contributed by atoms with van der Waals surface area (Å²) in [6.07, 6.45) is 4.01. The molecule has 4 aromatic carbocycles. The van der Waals surface area contributed by atoms with Crippen molar-refractivity contribution >= 4 is 40.5 Å². The third-order valence-corrected chi connectivity index (χ3v) is 7.36. The molecule has 1 atom stereocenters. The van der Waals surface area contributed by atoms with Crippen LogP contribution in [-0.2, 0) is 22.4 Å². The predicted octanol–water partition coefficient (Wildman–Crippen LogP) is 6.98. The van der Waals surface area contributed by atoms with Gasteiger partial charge in [0, 0.05) is 40.7 Å². The van der Waals surface area contributed by atoms with Crippen molar-refractivity contribution in [1.29, 1.82) is 0 Å². The van der Waals surface area contributed by atoms with Gasteiger partial charge >= 0.3 is 0 Å². The number of aliphatic imine (C=N–C) groups is 1. The van der Waals surface area contributed by atoms with Gasteiger partial charge in [-0.05, 0) is 58.7 Å². The Morgan fingerprint density at radius 2 is 1.62 bits per heavy atom. The predicted molar refractivity (Wildman–Crippen MR) is 168 cm³/mol. The molecule has 6 rings (SSSR count). The second-order valence-electron chi connectivity index (χ2n) is 10.1. The van der Waals surface area contributed by atoms with E-state index in [0.29, 0.717) is 28.5 Å². The van der Waals surface area contributed by atoms with Crippen LogP contribution in [-0.4, -0.2) is 28.6 Å². The highest BCUT2D eigenvalue weighted by Gasteiger charge is 2.27. The molecule has 6 nitrogen and oxygen atoms in total. The van der Waals surface area contributed by atoms with Crippen LogP contribution in [0.3, 0.4) is 0 Å². The van der Waals surface area contributed by atoms with Crippen molar-refractivity contribution in [2.75, 3.05) is 10.6 Å². The number of benzene rings is 4. The standard InChI is InChI=1S/C35H27ClN4O2/c36-27-14-17-30-31(21-27)40-35(42)32(20-26-10-4-5-11-29(26)24-8-2-1-3-9-24)39-34(30)25-12-15-28(16-13-25)38-33(41)19-23-7-6-18-37-22-23/h1-18,21-22,32H,19-20H2,(H,38,41)(H,40,42). The lowest BCUT2D eigenvalue weighted by Gasteiger charge is -2.15. The monoisotopic (exact) mass is 570 g/mol. The first-order valence-corrected chi connectivity index (χ1v) is 14.0. The summed E-state index contributed by atoms with van der Waals surface area (Å²) in [5.74, 6) is -0.329. The number of amides is 2. The quantitative estimate of drug-likeness (QED) is 0.221. The molecule has 1 aliphatic heterocycles. The number of hydrogen-bond acceptors (Lipinski definition) is 4. The van der Waals surface area contributed by atoms with Crippen molar-refractivity contribution in [3.05, 3.63) is 149 Å². The summed E-state index contributed by atoms with van der Waals surface area (Å²) < 4.78 is 0. The summed E-state index contributed by atoms with van der Waals surface area (Å²) >= 11 is 6.32. The molecule has 1 unspecified atom stereocenters. The average Bonchev–Trinajstić information content (AvgIpc) is 3.14. The second kappa shape index (κ2) is 12.2. The first kappa shape index (κ1) is 27.1. The number of aromatic nitrogens is 1. The minimum atomic E-state index is -0.671. The zero-order valence-electron chi connectivity index (χ0n) is 22.6. The van der Waals surface area contributed by atoms with E-state index < -0.39 is 6.04 Å². The van der Waals surface area contributed by atoms with Gasteiger partial charge in [0.25, 0.3) is 0 Å². The Bertz CT molecular complexity index is 1770. The first-order chi connectivity index (χ1) is 20.5. The molecule has 0 saturated carbocycles. The van der Waals surface area contributed by atoms with E-state index in [1.807, 2.05) is 78.9 Å². The third-order valence-electron chi connectivity index (χ3n) is 7.13. The molecule has 42 heavy (non-hydrogen) atoms. The van der Waals surface area contributed by atoms with E-state index in [1.54, 1.807) is 24.5 Å². The highest BCUT2D eigenvalue weighted by molar-refractivity contribution is 6.31. The Balaban J connectivity index is 1.31. The van der Waals surface area contributed by atoms with Gasteiger partial charge in [0.2, 0.25) is 11.8 Å². The van der Waals surface area contributed by atoms with Crippen LogP contribution >= 0.6 is 11.6 Å². The number of carbonyl (C=O) groups is 2. The number of nitrogens with one attached hydrogen (secondary N) is 2. The van der Waals surface area contributed by atoms with Gasteiger partial charge < -0.3 is 10.6 Å². The molecule has 0 spiro atoms. The fraction of sp³-hybridized carbons (Fsp3) is 0.0857. The number of halogens is 1. The largest absolute Gasteiger partial charge is 0.326 e. The summed E-state index contributed by atoms with van der Waals surface area (Å²) in [5.41, 5.74) is 7.58. The van der Waals surface area contributed by atoms with Gasteiger partial charge in [0.05, 0.1) is 17.8 Å². The molecule has 0 saturated heterocycles. The molecule has 7 heteroatoms. The van der Waals surface area contributed by atoms with E-state index in [2.05, 4.69) is 33.8 Å². The summed E-state index contributed by atoms with van der Waals surface area (Å²) in [7, 11) is 0. The van der Waals surface area contributed by atoms with Gasteiger partial charge in [-0.3, -0.25) is 19.6 Å². The van der Waals surface area contributed by atoms with E-state index in [-0.39, 0.29) is 18.2 Å². The Kier molecular flexibility index (Phi) is 7.88. The highest BCUT2D eigenvalue weighted by Crippen LogP contribution is 2.30. The van der Waals surface area contributed by atoms with E-state index in [9.17, 15) is 9.59 Å². The molecule has 1 aromatic heterocycles. The minimum absolute atomic E-state index is 0.130. The molecule has 0 bridgehead atoms. The molecule has 0 aliphatic carbocycles. The number of pyridine rings is 1. The second-order valence-corrected chi connectivity index (χ2v) is 10.5. The van der Waals surface area contributed by atoms with E-state index in [0.717, 1.165) is 33.4 Å². The summed E-state index contributed by atoms with van der Waals surface area (Å²) in [6.45, 7) is 0. The molecule has 2 heterocycles. The molecule has 1 aliphatic rings. The SMILES string of the molecule is O=C(Cc1cccnc1)Nc1ccc(C2=NC(Cc3ccccc3-c3ccccc3)C(=O)Nc3cc(Cl)ccc32)cc1. The van der Waals surface area contributed by atoms with Gasteiger partial charge in [-0.2, -0.15) is 0 Å². The zero-order chi connectivity index (χ0) is 28.9. The maximum atomic E-state index is 13.5. The molecule has 206 valence electrons. The number of fused-ring (bicyclic) bond motifs is 1. The van der Waals surface area contributed by atoms with E-state index >= 15 is 0 Å². The van der Waals surface area contributed by atoms with Crippen LogP contribution in [0.5, 0.6) is 0 Å². The minimum Gasteiger partial charge on any atom is -0.326 e. The van der Waals surface area contributed by atoms with Crippen molar-refractivity contribution in [3.63, 3.8) is 0 Å². The van der Waals surface area contributed by atoms with E-state index in [4.69, 9.17) is 16.6 Å². The van der Waals surface area contributed by atoms with Crippen LogP contribution in [0.4, 0.5) is 11.4 Å². The average molecular weight is 571 g/mol. The Morgan fingerprint density at radius 1 is 0.833 bits per heavy atom. The normalized spacial score (nSPS) is 14.3. The molecule has 0 fully saturated rings. The third kappa shape index (κ3) is 6.14. The molecular formula is C35H27ClN4O2. The maximum Gasteiger partial charge on any atom is 0.249 e. The van der Waals surface area contributed by atoms with Crippen LogP contribution < -0.4 is 10.6 Å². The lowest BCUT2D eigenvalue weighted by Crippen LogP contribution is -2.27. The van der Waals surface area contributed by atoms with Crippen LogP contribution in [0, 0.1) is 0 Å². The molecular weight excluding hydrogens is 544 g/mol. The number of anilines is 2. The lowest BCUT2D eigenvalue weighted by atomic mass is 9.95. The van der Waals surface area contributed by atoms with Crippen molar-refractivity contribution in [2.24, 2.45) is 4.99 Å². The van der Waals surface area contributed by atoms with Crippen LogP contribution in [0.15, 0.2) is 127 Å². The number of nitrogens with zero attached hydrogens (tertiary/aromatic N) is 2. The summed E-state index contributed by atoms with van der Waals surface area (Å²) in [5, 5.41) is 6.51. The summed E-state index contributed by atoms with van der Waals surface area (Å²) in [6, 6.07) is 34.1. The fourth-order valence-corrected chi connectivity index (χ4v) is 5.28. The van der Waals surface area contributed by atoms with Crippen LogP contribution in [0.1, 0.15) is 22.3 Å². The molecule has 2 N–H and O–H groups in total. The highest BCUT2D eigenvalue weighted by atomic mass is 35.5. The Morgan fingerprint density at radius 3 is 2.40 bits per heavy atom. The zero-order valence-corrected chi connectivity index (χ0v) is 23.4. The van der Waals surface area contributed by atoms with Gasteiger partial charge in [0.1, 0.15) is 6.04 Å². The number of carbonyl (C=O) groups excluding carboxylic acids is 2. The van der Waals surface area contributed by atoms with Crippen molar-refractivity contribution in [2.45, 2.75) is 18.9 Å². The van der Waals surface area contributed by atoms with Crippen LogP contribution in [0.25, 0.3) is 11.1 Å². The van der Waals surface area contributed by atoms with Gasteiger partial charge in [0.15, 0.2) is 0 Å². The van der Waals surface area contributed by atoms with Crippen molar-refractivity contribution < 1.29 is 9.59 Å². The Labute approximate surface area is 249 Å². The number of hydrogen-bond donors (Lipinski definition) is 2. The smallest absolute Gasteiger partial charge is 0.249 e. The first-order valence-electron chi connectivity index (χ1n) is 13.6. The van der Waals surface area contributed by atoms with Gasteiger partial charge in [-0.15, -0.1) is 0 Å². The molecule has 0 radical (unpaired) electrons. The maximum absolute atomic E-state index is 13.5. The number of rotatable bonds is 7. The van der Waals surface area contributed by atoms with Crippen molar-refractivity contribution in [1.82, 2.24) is 4.98 Å². The molecule has 5 aromatic rings.